The van der Waals surface area contributed by atoms with E-state index >= 15 is 0 Å². The largest absolute Gasteiger partial charge is 0.494 e. The molecule has 0 aliphatic rings. The molecule has 0 bridgehead atoms. The molecule has 0 saturated heterocycles. The molecule has 0 heterocycles. The van der Waals surface area contributed by atoms with Crippen LogP contribution in [0.2, 0.25) is 0 Å². The Hall–Kier alpha value is -1.06. The van der Waals surface area contributed by atoms with Crippen LogP contribution in [0.3, 0.4) is 0 Å². The Labute approximate surface area is 110 Å². The van der Waals surface area contributed by atoms with E-state index in [4.69, 9.17) is 9.47 Å². The lowest BCUT2D eigenvalue weighted by Gasteiger charge is -2.21. The van der Waals surface area contributed by atoms with E-state index in [2.05, 4.69) is 31.3 Å². The summed E-state index contributed by atoms with van der Waals surface area (Å²) in [4.78, 5) is 0. The number of rotatable bonds is 8. The molecule has 3 heteroatoms. The molecule has 0 saturated carbocycles. The first-order chi connectivity index (χ1) is 8.67. The molecule has 1 atom stereocenters. The van der Waals surface area contributed by atoms with Gasteiger partial charge in [-0.15, -0.1) is 0 Å². The maximum absolute atomic E-state index is 5.50. The standard InChI is InChI=1S/C15H25NO2/c1-5-18-14-8-6-7-13(9-14)10-16-15(11-17-4)12(2)3/h6-9,12,15-16H,5,10-11H2,1-4H3. The number of methoxy groups -OCH3 is 1. The molecule has 0 spiro atoms. The summed E-state index contributed by atoms with van der Waals surface area (Å²) in [5.74, 6) is 1.49. The van der Waals surface area contributed by atoms with Crippen LogP contribution in [0, 0.1) is 5.92 Å². The molecule has 0 aliphatic heterocycles. The molecule has 102 valence electrons. The van der Waals surface area contributed by atoms with Gasteiger partial charge in [-0.05, 0) is 30.5 Å². The molecule has 1 N–H and O–H groups in total. The third kappa shape index (κ3) is 5.07. The van der Waals surface area contributed by atoms with E-state index in [0.29, 0.717) is 18.6 Å². The zero-order valence-electron chi connectivity index (χ0n) is 11.9. The highest BCUT2D eigenvalue weighted by atomic mass is 16.5. The topological polar surface area (TPSA) is 30.5 Å². The summed E-state index contributed by atoms with van der Waals surface area (Å²) in [5, 5.41) is 3.53. The quantitative estimate of drug-likeness (QED) is 0.770. The van der Waals surface area contributed by atoms with Gasteiger partial charge in [0.2, 0.25) is 0 Å². The highest BCUT2D eigenvalue weighted by Crippen LogP contribution is 2.13. The zero-order chi connectivity index (χ0) is 13.4. The molecule has 1 aromatic carbocycles. The van der Waals surface area contributed by atoms with Crippen molar-refractivity contribution in [2.75, 3.05) is 20.3 Å². The van der Waals surface area contributed by atoms with E-state index in [-0.39, 0.29) is 0 Å². The van der Waals surface area contributed by atoms with E-state index in [1.807, 2.05) is 19.1 Å². The van der Waals surface area contributed by atoms with Crippen LogP contribution in [0.25, 0.3) is 0 Å². The Morgan fingerprint density at radius 2 is 2.06 bits per heavy atom. The van der Waals surface area contributed by atoms with Gasteiger partial charge in [0, 0.05) is 19.7 Å². The molecule has 0 amide bonds. The third-order valence-corrected chi connectivity index (χ3v) is 2.93. The lowest BCUT2D eigenvalue weighted by atomic mass is 10.0. The van der Waals surface area contributed by atoms with Crippen LogP contribution in [0.4, 0.5) is 0 Å². The predicted octanol–water partition coefficient (Wildman–Crippen LogP) is 2.85. The van der Waals surface area contributed by atoms with Crippen molar-refractivity contribution in [3.05, 3.63) is 29.8 Å². The molecular weight excluding hydrogens is 226 g/mol. The van der Waals surface area contributed by atoms with Gasteiger partial charge in [-0.2, -0.15) is 0 Å². The highest BCUT2D eigenvalue weighted by molar-refractivity contribution is 5.28. The maximum atomic E-state index is 5.50. The molecule has 18 heavy (non-hydrogen) atoms. The SMILES string of the molecule is CCOc1cccc(CNC(COC)C(C)C)c1. The molecule has 0 aliphatic carbocycles. The van der Waals surface area contributed by atoms with E-state index in [1.165, 1.54) is 5.56 Å². The van der Waals surface area contributed by atoms with Crippen LogP contribution in [-0.4, -0.2) is 26.4 Å². The number of benzene rings is 1. The Morgan fingerprint density at radius 1 is 1.28 bits per heavy atom. The summed E-state index contributed by atoms with van der Waals surface area (Å²) < 4.78 is 10.7. The molecule has 1 aromatic rings. The summed E-state index contributed by atoms with van der Waals surface area (Å²) in [6, 6.07) is 8.59. The normalized spacial score (nSPS) is 12.7. The van der Waals surface area contributed by atoms with E-state index in [0.717, 1.165) is 18.9 Å². The van der Waals surface area contributed by atoms with Gasteiger partial charge in [0.15, 0.2) is 0 Å². The van der Waals surface area contributed by atoms with Crippen molar-refractivity contribution in [3.63, 3.8) is 0 Å². The van der Waals surface area contributed by atoms with Gasteiger partial charge in [-0.25, -0.2) is 0 Å². The predicted molar refractivity (Wildman–Crippen MR) is 75.0 cm³/mol. The van der Waals surface area contributed by atoms with Gasteiger partial charge in [-0.1, -0.05) is 26.0 Å². The van der Waals surface area contributed by atoms with Crippen molar-refractivity contribution < 1.29 is 9.47 Å². The van der Waals surface area contributed by atoms with Crippen LogP contribution in [-0.2, 0) is 11.3 Å². The smallest absolute Gasteiger partial charge is 0.119 e. The van der Waals surface area contributed by atoms with E-state index in [9.17, 15) is 0 Å². The van der Waals surface area contributed by atoms with Gasteiger partial charge in [0.25, 0.3) is 0 Å². The molecule has 0 fully saturated rings. The minimum absolute atomic E-state index is 0.380. The second-order valence-electron chi connectivity index (χ2n) is 4.77. The Balaban J connectivity index is 2.53. The fourth-order valence-corrected chi connectivity index (χ4v) is 1.83. The monoisotopic (exact) mass is 251 g/mol. The number of hydrogen-bond acceptors (Lipinski definition) is 3. The van der Waals surface area contributed by atoms with Crippen LogP contribution in [0.5, 0.6) is 5.75 Å². The summed E-state index contributed by atoms with van der Waals surface area (Å²) in [7, 11) is 1.74. The van der Waals surface area contributed by atoms with Crippen molar-refractivity contribution in [1.82, 2.24) is 5.32 Å². The summed E-state index contributed by atoms with van der Waals surface area (Å²) >= 11 is 0. The van der Waals surface area contributed by atoms with Crippen molar-refractivity contribution >= 4 is 0 Å². The van der Waals surface area contributed by atoms with Gasteiger partial charge in [-0.3, -0.25) is 0 Å². The second kappa shape index (κ2) is 8.11. The first-order valence-electron chi connectivity index (χ1n) is 6.61. The average molecular weight is 251 g/mol. The Morgan fingerprint density at radius 3 is 2.67 bits per heavy atom. The van der Waals surface area contributed by atoms with Crippen LogP contribution >= 0.6 is 0 Å². The number of nitrogens with one attached hydrogen (secondary N) is 1. The number of hydrogen-bond donors (Lipinski definition) is 1. The van der Waals surface area contributed by atoms with Crippen LogP contribution in [0.15, 0.2) is 24.3 Å². The summed E-state index contributed by atoms with van der Waals surface area (Å²) in [5.41, 5.74) is 1.24. The summed E-state index contributed by atoms with van der Waals surface area (Å²) in [6.45, 7) is 8.68. The zero-order valence-corrected chi connectivity index (χ0v) is 11.9. The van der Waals surface area contributed by atoms with Crippen LogP contribution in [0.1, 0.15) is 26.3 Å². The minimum atomic E-state index is 0.380. The molecule has 1 unspecified atom stereocenters. The molecular formula is C15H25NO2. The minimum Gasteiger partial charge on any atom is -0.494 e. The van der Waals surface area contributed by atoms with Gasteiger partial charge < -0.3 is 14.8 Å². The fourth-order valence-electron chi connectivity index (χ4n) is 1.83. The van der Waals surface area contributed by atoms with Crippen molar-refractivity contribution in [3.8, 4) is 5.75 Å². The van der Waals surface area contributed by atoms with Crippen molar-refractivity contribution in [2.24, 2.45) is 5.92 Å². The van der Waals surface area contributed by atoms with Gasteiger partial charge >= 0.3 is 0 Å². The van der Waals surface area contributed by atoms with Crippen molar-refractivity contribution in [2.45, 2.75) is 33.4 Å². The molecule has 0 radical (unpaired) electrons. The fraction of sp³-hybridized carbons (Fsp3) is 0.600. The Kier molecular flexibility index (Phi) is 6.76. The lowest BCUT2D eigenvalue weighted by molar-refractivity contribution is 0.146. The lowest BCUT2D eigenvalue weighted by Crippen LogP contribution is -2.37. The van der Waals surface area contributed by atoms with Gasteiger partial charge in [0.1, 0.15) is 5.75 Å². The second-order valence-corrected chi connectivity index (χ2v) is 4.77. The van der Waals surface area contributed by atoms with Crippen molar-refractivity contribution in [1.29, 1.82) is 0 Å². The first kappa shape index (κ1) is 15.0. The Bertz CT molecular complexity index is 339. The average Bonchev–Trinajstić information content (AvgIpc) is 2.35. The van der Waals surface area contributed by atoms with E-state index < -0.39 is 0 Å². The maximum Gasteiger partial charge on any atom is 0.119 e. The molecule has 3 nitrogen and oxygen atoms in total. The first-order valence-corrected chi connectivity index (χ1v) is 6.61. The summed E-state index contributed by atoms with van der Waals surface area (Å²) in [6.07, 6.45) is 0. The molecule has 1 rings (SSSR count). The van der Waals surface area contributed by atoms with Crippen LogP contribution < -0.4 is 10.1 Å². The van der Waals surface area contributed by atoms with E-state index in [1.54, 1.807) is 7.11 Å². The highest BCUT2D eigenvalue weighted by Gasteiger charge is 2.12. The number of ether oxygens (including phenoxy) is 2. The van der Waals surface area contributed by atoms with Gasteiger partial charge in [0.05, 0.1) is 13.2 Å². The third-order valence-electron chi connectivity index (χ3n) is 2.93. The molecule has 0 aromatic heterocycles.